The predicted octanol–water partition coefficient (Wildman–Crippen LogP) is 3.45. The summed E-state index contributed by atoms with van der Waals surface area (Å²) >= 11 is 0. The maximum absolute atomic E-state index is 5.37. The zero-order valence-corrected chi connectivity index (χ0v) is 13.1. The van der Waals surface area contributed by atoms with E-state index in [1.807, 2.05) is 6.92 Å². The van der Waals surface area contributed by atoms with E-state index in [0.29, 0.717) is 0 Å². The topological polar surface area (TPSA) is 12.5 Å². The maximum atomic E-state index is 5.37. The fourth-order valence-corrected chi connectivity index (χ4v) is 2.05. The lowest BCUT2D eigenvalue weighted by Gasteiger charge is -2.15. The number of nitrogens with zero attached hydrogens (tertiary/aromatic N) is 1. The van der Waals surface area contributed by atoms with Gasteiger partial charge in [0.2, 0.25) is 0 Å². The van der Waals surface area contributed by atoms with Crippen LogP contribution in [0.15, 0.2) is 0 Å². The van der Waals surface area contributed by atoms with E-state index >= 15 is 0 Å². The molecule has 0 rings (SSSR count). The van der Waals surface area contributed by atoms with E-state index in [-0.39, 0.29) is 0 Å². The van der Waals surface area contributed by atoms with E-state index in [0.717, 1.165) is 19.1 Å². The summed E-state index contributed by atoms with van der Waals surface area (Å²) in [7, 11) is 0.996. The molecule has 0 saturated carbocycles. The highest BCUT2D eigenvalue weighted by Crippen LogP contribution is 2.00. The molecular weight excluding hydrogens is 202 g/mol. The van der Waals surface area contributed by atoms with Crippen molar-refractivity contribution in [3.63, 3.8) is 0 Å². The van der Waals surface area contributed by atoms with Gasteiger partial charge in [0.1, 0.15) is 0 Å². The minimum atomic E-state index is -1.16. The molecule has 0 heterocycles. The van der Waals surface area contributed by atoms with Crippen molar-refractivity contribution in [2.24, 2.45) is 5.92 Å². The van der Waals surface area contributed by atoms with Gasteiger partial charge in [-0.15, -0.1) is 0 Å². The first kappa shape index (κ1) is 17.5. The fourth-order valence-electron chi connectivity index (χ4n) is 1.19. The van der Waals surface area contributed by atoms with Gasteiger partial charge in [0.05, 0.1) is 0 Å². The van der Waals surface area contributed by atoms with E-state index in [9.17, 15) is 0 Å². The molecule has 0 atom stereocenters. The molecule has 0 saturated heterocycles. The van der Waals surface area contributed by atoms with Crippen LogP contribution in [0, 0.1) is 5.92 Å². The second kappa shape index (κ2) is 9.37. The molecule has 2 nitrogen and oxygen atoms in total. The zero-order chi connectivity index (χ0) is 12.5. The Kier molecular flexibility index (Phi) is 10.9. The smallest absolute Gasteiger partial charge is 0.183 e. The third-order valence-corrected chi connectivity index (χ3v) is 2.95. The third-order valence-electron chi connectivity index (χ3n) is 1.79. The van der Waals surface area contributed by atoms with Gasteiger partial charge in [0.15, 0.2) is 8.32 Å². The monoisotopic (exact) mass is 233 g/mol. The lowest BCUT2D eigenvalue weighted by molar-refractivity contribution is 0.310. The summed E-state index contributed by atoms with van der Waals surface area (Å²) in [5, 5.41) is 0. The Hall–Kier alpha value is 0.137. The van der Waals surface area contributed by atoms with Crippen LogP contribution in [0.5, 0.6) is 0 Å². The molecule has 0 amide bonds. The van der Waals surface area contributed by atoms with Crippen LogP contribution in [0.3, 0.4) is 0 Å². The van der Waals surface area contributed by atoms with Crippen LogP contribution in [-0.4, -0.2) is 40.0 Å². The summed E-state index contributed by atoms with van der Waals surface area (Å²) in [6.45, 7) is 18.5. The first-order chi connectivity index (χ1) is 6.72. The van der Waals surface area contributed by atoms with E-state index in [4.69, 9.17) is 4.43 Å². The number of hydrogen-bond acceptors (Lipinski definition) is 2. The third kappa shape index (κ3) is 20.3. The first-order valence-electron chi connectivity index (χ1n) is 6.05. The molecule has 3 heteroatoms. The van der Waals surface area contributed by atoms with Gasteiger partial charge in [-0.25, -0.2) is 0 Å². The van der Waals surface area contributed by atoms with Gasteiger partial charge in [-0.05, 0) is 46.1 Å². The van der Waals surface area contributed by atoms with Crippen molar-refractivity contribution in [3.05, 3.63) is 0 Å². The molecule has 0 aromatic carbocycles. The molecule has 0 aromatic heterocycles. The average Bonchev–Trinajstić information content (AvgIpc) is 2.01. The van der Waals surface area contributed by atoms with Crippen molar-refractivity contribution in [3.8, 4) is 0 Å². The summed E-state index contributed by atoms with van der Waals surface area (Å²) in [4.78, 5) is 2.32. The standard InChI is InChI=1S/C7H17N.C5H14OSi/c1-5-8(4)6-7(2)3;1-5-6-7(2,3)4/h7H,5-6H2,1-4H3;5H2,1-4H3. The van der Waals surface area contributed by atoms with Crippen LogP contribution in [-0.2, 0) is 4.43 Å². The minimum absolute atomic E-state index is 0.806. The lowest BCUT2D eigenvalue weighted by atomic mass is 10.2. The normalized spacial score (nSPS) is 11.6. The predicted molar refractivity (Wildman–Crippen MR) is 73.0 cm³/mol. The summed E-state index contributed by atoms with van der Waals surface area (Å²) in [5.74, 6) is 0.806. The quantitative estimate of drug-likeness (QED) is 0.674. The molecule has 0 fully saturated rings. The van der Waals surface area contributed by atoms with Crippen molar-refractivity contribution in [2.75, 3.05) is 26.7 Å². The largest absolute Gasteiger partial charge is 0.418 e. The number of rotatable bonds is 5. The van der Waals surface area contributed by atoms with Crippen LogP contribution < -0.4 is 0 Å². The highest BCUT2D eigenvalue weighted by molar-refractivity contribution is 6.69. The summed E-state index contributed by atoms with van der Waals surface area (Å²) < 4.78 is 5.37. The van der Waals surface area contributed by atoms with Gasteiger partial charge >= 0.3 is 0 Å². The van der Waals surface area contributed by atoms with E-state index in [1.165, 1.54) is 6.54 Å². The Morgan fingerprint density at radius 2 is 1.60 bits per heavy atom. The summed E-state index contributed by atoms with van der Waals surface area (Å²) in [5.41, 5.74) is 0. The molecule has 0 unspecified atom stereocenters. The Balaban J connectivity index is 0. The molecule has 0 aliphatic rings. The molecule has 94 valence electrons. The lowest BCUT2D eigenvalue weighted by Crippen LogP contribution is -2.24. The average molecular weight is 233 g/mol. The molecule has 0 aliphatic heterocycles. The fraction of sp³-hybridized carbons (Fsp3) is 1.00. The Bertz CT molecular complexity index is 132. The van der Waals surface area contributed by atoms with Crippen molar-refractivity contribution in [1.82, 2.24) is 4.90 Å². The van der Waals surface area contributed by atoms with Gasteiger partial charge in [0.25, 0.3) is 0 Å². The molecule has 0 bridgehead atoms. The van der Waals surface area contributed by atoms with Crippen LogP contribution in [0.4, 0.5) is 0 Å². The molecule has 0 aromatic rings. The molecule has 0 N–H and O–H groups in total. The van der Waals surface area contributed by atoms with Crippen LogP contribution >= 0.6 is 0 Å². The van der Waals surface area contributed by atoms with Crippen molar-refractivity contribution in [2.45, 2.75) is 47.3 Å². The molecular formula is C12H31NOSi. The van der Waals surface area contributed by atoms with Gasteiger partial charge in [-0.1, -0.05) is 20.8 Å². The van der Waals surface area contributed by atoms with Gasteiger partial charge < -0.3 is 9.33 Å². The SMILES string of the molecule is CCN(C)CC(C)C.CCO[Si](C)(C)C. The second-order valence-corrected chi connectivity index (χ2v) is 9.81. The Morgan fingerprint density at radius 1 is 1.13 bits per heavy atom. The Morgan fingerprint density at radius 3 is 1.67 bits per heavy atom. The number of hydrogen-bond donors (Lipinski definition) is 0. The maximum Gasteiger partial charge on any atom is 0.183 e. The van der Waals surface area contributed by atoms with E-state index in [1.54, 1.807) is 0 Å². The van der Waals surface area contributed by atoms with Gasteiger partial charge in [0, 0.05) is 13.2 Å². The zero-order valence-electron chi connectivity index (χ0n) is 12.1. The second-order valence-electron chi connectivity index (χ2n) is 5.29. The van der Waals surface area contributed by atoms with Crippen molar-refractivity contribution >= 4 is 8.32 Å². The van der Waals surface area contributed by atoms with Crippen molar-refractivity contribution < 1.29 is 4.43 Å². The molecule has 0 spiro atoms. The summed E-state index contributed by atoms with van der Waals surface area (Å²) in [6.07, 6.45) is 0. The molecule has 0 radical (unpaired) electrons. The van der Waals surface area contributed by atoms with Gasteiger partial charge in [-0.3, -0.25) is 0 Å². The van der Waals surface area contributed by atoms with Crippen LogP contribution in [0.2, 0.25) is 19.6 Å². The summed E-state index contributed by atoms with van der Waals surface area (Å²) in [6, 6.07) is 0. The van der Waals surface area contributed by atoms with Crippen LogP contribution in [0.25, 0.3) is 0 Å². The molecule has 0 aliphatic carbocycles. The highest BCUT2D eigenvalue weighted by atomic mass is 28.4. The Labute approximate surface area is 98.1 Å². The van der Waals surface area contributed by atoms with Crippen molar-refractivity contribution in [1.29, 1.82) is 0 Å². The highest BCUT2D eigenvalue weighted by Gasteiger charge is 2.11. The van der Waals surface area contributed by atoms with Gasteiger partial charge in [-0.2, -0.15) is 0 Å². The first-order valence-corrected chi connectivity index (χ1v) is 9.46. The van der Waals surface area contributed by atoms with E-state index < -0.39 is 8.32 Å². The van der Waals surface area contributed by atoms with E-state index in [2.05, 4.69) is 52.4 Å². The van der Waals surface area contributed by atoms with Crippen LogP contribution in [0.1, 0.15) is 27.7 Å². The minimum Gasteiger partial charge on any atom is -0.418 e. The molecule has 15 heavy (non-hydrogen) atoms.